The average Bonchev–Trinajstić information content (AvgIpc) is 2.26. The molecule has 0 saturated carbocycles. The van der Waals surface area contributed by atoms with E-state index in [1.165, 1.54) is 0 Å². The Hall–Kier alpha value is -0.600. The summed E-state index contributed by atoms with van der Waals surface area (Å²) in [6.07, 6.45) is -11.1. The van der Waals surface area contributed by atoms with Gasteiger partial charge in [-0.15, -0.1) is 11.8 Å². The maximum absolute atomic E-state index is 12.4. The Morgan fingerprint density at radius 2 is 1.60 bits per heavy atom. The minimum Gasteiger partial charge on any atom is -0.315 e. The third kappa shape index (κ3) is 1.56. The second kappa shape index (κ2) is 3.19. The molecule has 1 saturated heterocycles. The number of carbonyl (C=O) groups excluding carboxylic acids is 1. The predicted molar refractivity (Wildman–Crippen MR) is 40.1 cm³/mol. The minimum absolute atomic E-state index is 0.294. The number of thioether (sulfide) groups is 1. The van der Waals surface area contributed by atoms with E-state index in [9.17, 15) is 31.1 Å². The van der Waals surface area contributed by atoms with Gasteiger partial charge in [-0.05, 0) is 0 Å². The van der Waals surface area contributed by atoms with Crippen LogP contribution < -0.4 is 0 Å². The normalized spacial score (nSPS) is 22.3. The summed E-state index contributed by atoms with van der Waals surface area (Å²) in [5, 5.41) is 0. The monoisotopic (exact) mass is 253 g/mol. The molecule has 1 rings (SSSR count). The van der Waals surface area contributed by atoms with Crippen molar-refractivity contribution in [2.45, 2.75) is 17.2 Å². The van der Waals surface area contributed by atoms with Crippen molar-refractivity contribution >= 4 is 17.7 Å². The van der Waals surface area contributed by atoms with E-state index in [1.54, 1.807) is 0 Å². The summed E-state index contributed by atoms with van der Waals surface area (Å²) in [4.78, 5) is 6.39. The van der Waals surface area contributed by atoms with Crippen LogP contribution in [0, 0.1) is 0 Å². The zero-order chi connectivity index (χ0) is 12.1. The molecule has 0 bridgehead atoms. The molecule has 1 fully saturated rings. The third-order valence-corrected chi connectivity index (χ3v) is 3.57. The molecule has 0 aromatic rings. The van der Waals surface area contributed by atoms with Crippen molar-refractivity contribution < 1.29 is 31.1 Å². The Morgan fingerprint density at radius 3 is 1.73 bits per heavy atom. The standard InChI is InChI=1S/C6H5F6NOS/c1-13-3(14)2-15-4(13,5(7,8)9)6(10,11)12/h2H2,1H3. The highest BCUT2D eigenvalue weighted by Crippen LogP contribution is 2.56. The summed E-state index contributed by atoms with van der Waals surface area (Å²) in [5.41, 5.74) is 0. The van der Waals surface area contributed by atoms with Gasteiger partial charge in [0.1, 0.15) is 0 Å². The van der Waals surface area contributed by atoms with Gasteiger partial charge in [-0.1, -0.05) is 0 Å². The summed E-state index contributed by atoms with van der Waals surface area (Å²) in [7, 11) is 0.503. The number of carbonyl (C=O) groups is 1. The fourth-order valence-electron chi connectivity index (χ4n) is 1.24. The highest BCUT2D eigenvalue weighted by molar-refractivity contribution is 8.01. The van der Waals surface area contributed by atoms with Crippen LogP contribution in [-0.4, -0.2) is 40.8 Å². The molecule has 0 atom stereocenters. The number of hydrogen-bond donors (Lipinski definition) is 0. The first-order valence-electron chi connectivity index (χ1n) is 3.58. The zero-order valence-electron chi connectivity index (χ0n) is 7.24. The first-order chi connectivity index (χ1) is 6.54. The highest BCUT2D eigenvalue weighted by Gasteiger charge is 2.77. The van der Waals surface area contributed by atoms with Gasteiger partial charge in [0.2, 0.25) is 5.91 Å². The molecule has 0 aliphatic carbocycles. The SMILES string of the molecule is CN1C(=O)CSC1(C(F)(F)F)C(F)(F)F. The molecule has 88 valence electrons. The van der Waals surface area contributed by atoms with Crippen LogP contribution in [-0.2, 0) is 4.79 Å². The van der Waals surface area contributed by atoms with E-state index in [-0.39, 0.29) is 4.90 Å². The first kappa shape index (κ1) is 12.5. The Balaban J connectivity index is 3.28. The van der Waals surface area contributed by atoms with E-state index in [4.69, 9.17) is 0 Å². The van der Waals surface area contributed by atoms with Crippen molar-refractivity contribution in [1.29, 1.82) is 0 Å². The lowest BCUT2D eigenvalue weighted by Gasteiger charge is -2.37. The quantitative estimate of drug-likeness (QED) is 0.615. The van der Waals surface area contributed by atoms with Crippen molar-refractivity contribution in [1.82, 2.24) is 4.90 Å². The van der Waals surface area contributed by atoms with E-state index in [0.29, 0.717) is 7.05 Å². The number of hydrogen-bond acceptors (Lipinski definition) is 2. The van der Waals surface area contributed by atoms with Crippen LogP contribution in [0.4, 0.5) is 26.3 Å². The lowest BCUT2D eigenvalue weighted by Crippen LogP contribution is -2.62. The van der Waals surface area contributed by atoms with Gasteiger partial charge in [0.05, 0.1) is 5.75 Å². The van der Waals surface area contributed by atoms with E-state index in [2.05, 4.69) is 0 Å². The molecule has 1 aliphatic heterocycles. The molecule has 0 spiro atoms. The molecule has 0 N–H and O–H groups in total. The van der Waals surface area contributed by atoms with E-state index in [0.717, 1.165) is 0 Å². The Morgan fingerprint density at radius 1 is 1.20 bits per heavy atom. The van der Waals surface area contributed by atoms with Crippen molar-refractivity contribution in [2.24, 2.45) is 0 Å². The summed E-state index contributed by atoms with van der Waals surface area (Å²) < 4.78 is 74.4. The molecule has 1 amide bonds. The molecule has 0 radical (unpaired) electrons. The van der Waals surface area contributed by atoms with Crippen LogP contribution in [0.3, 0.4) is 0 Å². The van der Waals surface area contributed by atoms with Crippen LogP contribution in [0.5, 0.6) is 0 Å². The van der Waals surface area contributed by atoms with Crippen LogP contribution in [0.1, 0.15) is 0 Å². The van der Waals surface area contributed by atoms with E-state index >= 15 is 0 Å². The van der Waals surface area contributed by atoms with Crippen molar-refractivity contribution in [3.8, 4) is 0 Å². The van der Waals surface area contributed by atoms with Crippen molar-refractivity contribution in [3.05, 3.63) is 0 Å². The topological polar surface area (TPSA) is 20.3 Å². The molecule has 0 aromatic carbocycles. The van der Waals surface area contributed by atoms with Crippen molar-refractivity contribution in [3.63, 3.8) is 0 Å². The second-order valence-corrected chi connectivity index (χ2v) is 4.05. The number of alkyl halides is 6. The molecule has 0 unspecified atom stereocenters. The molecule has 15 heavy (non-hydrogen) atoms. The first-order valence-corrected chi connectivity index (χ1v) is 4.56. The summed E-state index contributed by atoms with van der Waals surface area (Å²) in [5.74, 6) is -2.01. The third-order valence-electron chi connectivity index (χ3n) is 2.02. The second-order valence-electron chi connectivity index (χ2n) is 2.88. The Bertz CT molecular complexity index is 270. The summed E-state index contributed by atoms with van der Waals surface area (Å²) in [6.45, 7) is 0. The average molecular weight is 253 g/mol. The van der Waals surface area contributed by atoms with Crippen LogP contribution >= 0.6 is 11.8 Å². The lowest BCUT2D eigenvalue weighted by atomic mass is 10.2. The van der Waals surface area contributed by atoms with Crippen LogP contribution in [0.15, 0.2) is 0 Å². The van der Waals surface area contributed by atoms with Crippen molar-refractivity contribution in [2.75, 3.05) is 12.8 Å². The highest BCUT2D eigenvalue weighted by atomic mass is 32.2. The van der Waals surface area contributed by atoms with Gasteiger partial charge < -0.3 is 4.90 Å². The van der Waals surface area contributed by atoms with Gasteiger partial charge in [0.15, 0.2) is 0 Å². The molecule has 0 aromatic heterocycles. The number of rotatable bonds is 0. The fraction of sp³-hybridized carbons (Fsp3) is 0.833. The Labute approximate surface area is 84.6 Å². The van der Waals surface area contributed by atoms with Gasteiger partial charge >= 0.3 is 12.4 Å². The van der Waals surface area contributed by atoms with Gasteiger partial charge in [0.25, 0.3) is 4.87 Å². The van der Waals surface area contributed by atoms with Gasteiger partial charge in [-0.2, -0.15) is 26.3 Å². The fourth-order valence-corrected chi connectivity index (χ4v) is 2.39. The minimum atomic E-state index is -5.54. The Kier molecular flexibility index (Phi) is 2.65. The maximum atomic E-state index is 12.4. The predicted octanol–water partition coefficient (Wildman–Crippen LogP) is 2.01. The number of nitrogens with zero attached hydrogens (tertiary/aromatic N) is 1. The van der Waals surface area contributed by atoms with Gasteiger partial charge in [-0.25, -0.2) is 0 Å². The van der Waals surface area contributed by atoms with Gasteiger partial charge in [0, 0.05) is 7.05 Å². The van der Waals surface area contributed by atoms with E-state index in [1.807, 2.05) is 0 Å². The summed E-state index contributed by atoms with van der Waals surface area (Å²) >= 11 is -0.454. The maximum Gasteiger partial charge on any atom is 0.430 e. The lowest BCUT2D eigenvalue weighted by molar-refractivity contribution is -0.294. The summed E-state index contributed by atoms with van der Waals surface area (Å²) in [6, 6.07) is 0. The molecular weight excluding hydrogens is 248 g/mol. The molecule has 2 nitrogen and oxygen atoms in total. The smallest absolute Gasteiger partial charge is 0.315 e. The van der Waals surface area contributed by atoms with Gasteiger partial charge in [-0.3, -0.25) is 4.79 Å². The largest absolute Gasteiger partial charge is 0.430 e. The molecule has 9 heteroatoms. The number of halogens is 6. The zero-order valence-corrected chi connectivity index (χ0v) is 8.06. The van der Waals surface area contributed by atoms with Crippen LogP contribution in [0.25, 0.3) is 0 Å². The number of amides is 1. The molecule has 1 heterocycles. The molecule has 1 aliphatic rings. The van der Waals surface area contributed by atoms with Crippen LogP contribution in [0.2, 0.25) is 0 Å². The van der Waals surface area contributed by atoms with E-state index < -0.39 is 40.6 Å². The molecular formula is C6H5F6NOS.